The fourth-order valence-electron chi connectivity index (χ4n) is 3.05. The van der Waals surface area contributed by atoms with Gasteiger partial charge in [-0.3, -0.25) is 9.36 Å². The second-order valence-corrected chi connectivity index (χ2v) is 5.78. The van der Waals surface area contributed by atoms with Crippen LogP contribution in [0.3, 0.4) is 0 Å². The van der Waals surface area contributed by atoms with Crippen LogP contribution in [-0.4, -0.2) is 47.8 Å². The second kappa shape index (κ2) is 6.54. The molecule has 118 valence electrons. The molecular weight excluding hydrogens is 285 g/mol. The molecule has 0 spiro atoms. The summed E-state index contributed by atoms with van der Waals surface area (Å²) in [7, 11) is 1.70. The van der Waals surface area contributed by atoms with Gasteiger partial charge in [0.15, 0.2) is 0 Å². The number of nitrogens with zero attached hydrogens (tertiary/aromatic N) is 3. The summed E-state index contributed by atoms with van der Waals surface area (Å²) in [6, 6.07) is 4.53. The van der Waals surface area contributed by atoms with Gasteiger partial charge in [0, 0.05) is 26.7 Å². The number of aromatic nitrogens is 2. The lowest BCUT2D eigenvalue weighted by Gasteiger charge is -2.16. The van der Waals surface area contributed by atoms with Crippen molar-refractivity contribution < 1.29 is 9.13 Å². The monoisotopic (exact) mass is 305 g/mol. The van der Waals surface area contributed by atoms with Crippen LogP contribution in [-0.2, 0) is 11.3 Å². The highest BCUT2D eigenvalue weighted by molar-refractivity contribution is 5.77. The third kappa shape index (κ3) is 3.03. The molecule has 6 heteroatoms. The predicted octanol–water partition coefficient (Wildman–Crippen LogP) is 1.50. The minimum Gasteiger partial charge on any atom is -0.383 e. The zero-order chi connectivity index (χ0) is 15.5. The first-order chi connectivity index (χ1) is 10.7. The minimum absolute atomic E-state index is 0.0826. The zero-order valence-electron chi connectivity index (χ0n) is 12.7. The van der Waals surface area contributed by atoms with Crippen molar-refractivity contribution in [3.05, 3.63) is 40.7 Å². The van der Waals surface area contributed by atoms with Crippen molar-refractivity contribution in [2.75, 3.05) is 33.4 Å². The van der Waals surface area contributed by atoms with Crippen LogP contribution < -0.4 is 5.56 Å². The number of fused-ring (bicyclic) bond motifs is 1. The molecule has 0 radical (unpaired) electrons. The van der Waals surface area contributed by atoms with Gasteiger partial charge >= 0.3 is 0 Å². The van der Waals surface area contributed by atoms with E-state index in [-0.39, 0.29) is 10.9 Å². The molecule has 2 heterocycles. The fraction of sp³-hybridized carbons (Fsp3) is 0.500. The number of hydrogen-bond acceptors (Lipinski definition) is 4. The van der Waals surface area contributed by atoms with Gasteiger partial charge in [0.1, 0.15) is 11.2 Å². The summed E-state index contributed by atoms with van der Waals surface area (Å²) in [6.45, 7) is 4.16. The number of hydrogen-bond donors (Lipinski definition) is 0. The molecule has 0 amide bonds. The molecule has 1 atom stereocenters. The van der Waals surface area contributed by atoms with E-state index in [9.17, 15) is 9.18 Å². The first-order valence-corrected chi connectivity index (χ1v) is 7.54. The van der Waals surface area contributed by atoms with E-state index in [1.165, 1.54) is 17.0 Å². The standard InChI is InChI=1S/C16H20FN3O2/c1-22-8-7-19-6-5-12(9-19)10-20-11-18-14-4-2-3-13(17)15(14)16(20)21/h2-4,11-12H,5-10H2,1H3. The maximum absolute atomic E-state index is 13.9. The van der Waals surface area contributed by atoms with E-state index >= 15 is 0 Å². The molecule has 0 bridgehead atoms. The highest BCUT2D eigenvalue weighted by Gasteiger charge is 2.23. The Bertz CT molecular complexity index is 716. The van der Waals surface area contributed by atoms with Crippen molar-refractivity contribution in [1.29, 1.82) is 0 Å². The van der Waals surface area contributed by atoms with Crippen LogP contribution in [0.2, 0.25) is 0 Å². The van der Waals surface area contributed by atoms with E-state index in [1.807, 2.05) is 0 Å². The lowest BCUT2D eigenvalue weighted by Crippen LogP contribution is -2.28. The molecule has 1 aromatic heterocycles. The molecule has 1 aliphatic rings. The van der Waals surface area contributed by atoms with Crippen molar-refractivity contribution in [1.82, 2.24) is 14.5 Å². The van der Waals surface area contributed by atoms with E-state index in [1.54, 1.807) is 19.2 Å². The molecular formula is C16H20FN3O2. The average molecular weight is 305 g/mol. The van der Waals surface area contributed by atoms with E-state index < -0.39 is 5.82 Å². The molecule has 3 rings (SSSR count). The number of likely N-dealkylation sites (tertiary alicyclic amines) is 1. The molecule has 1 aromatic carbocycles. The Morgan fingerprint density at radius 1 is 1.45 bits per heavy atom. The van der Waals surface area contributed by atoms with Gasteiger partial charge in [0.05, 0.1) is 18.5 Å². The molecule has 0 saturated carbocycles. The lowest BCUT2D eigenvalue weighted by atomic mass is 10.1. The van der Waals surface area contributed by atoms with Gasteiger partial charge in [-0.05, 0) is 31.0 Å². The summed E-state index contributed by atoms with van der Waals surface area (Å²) < 4.78 is 20.5. The summed E-state index contributed by atoms with van der Waals surface area (Å²) in [4.78, 5) is 19.0. The van der Waals surface area contributed by atoms with Crippen LogP contribution in [0.15, 0.2) is 29.3 Å². The van der Waals surface area contributed by atoms with Crippen LogP contribution in [0.1, 0.15) is 6.42 Å². The molecule has 0 N–H and O–H groups in total. The Labute approximate surface area is 128 Å². The quantitative estimate of drug-likeness (QED) is 0.840. The maximum atomic E-state index is 13.9. The molecule has 22 heavy (non-hydrogen) atoms. The third-order valence-corrected chi connectivity index (χ3v) is 4.24. The van der Waals surface area contributed by atoms with E-state index in [0.717, 1.165) is 32.7 Å². The number of ether oxygens (including phenoxy) is 1. The summed E-state index contributed by atoms with van der Waals surface area (Å²) >= 11 is 0. The second-order valence-electron chi connectivity index (χ2n) is 5.78. The van der Waals surface area contributed by atoms with Crippen molar-refractivity contribution in [2.24, 2.45) is 5.92 Å². The lowest BCUT2D eigenvalue weighted by molar-refractivity contribution is 0.158. The van der Waals surface area contributed by atoms with Gasteiger partial charge in [0.25, 0.3) is 5.56 Å². The largest absolute Gasteiger partial charge is 0.383 e. The number of rotatable bonds is 5. The molecule has 0 aliphatic carbocycles. The van der Waals surface area contributed by atoms with Gasteiger partial charge in [-0.1, -0.05) is 6.07 Å². The Morgan fingerprint density at radius 3 is 3.14 bits per heavy atom. The van der Waals surface area contributed by atoms with Gasteiger partial charge in [0.2, 0.25) is 0 Å². The Hall–Kier alpha value is -1.79. The molecule has 1 fully saturated rings. The van der Waals surface area contributed by atoms with E-state index in [4.69, 9.17) is 4.74 Å². The number of halogens is 1. The van der Waals surface area contributed by atoms with Gasteiger partial charge in [-0.15, -0.1) is 0 Å². The van der Waals surface area contributed by atoms with Gasteiger partial charge < -0.3 is 9.64 Å². The van der Waals surface area contributed by atoms with Crippen molar-refractivity contribution in [3.63, 3.8) is 0 Å². The first kappa shape index (κ1) is 15.1. The van der Waals surface area contributed by atoms with Crippen LogP contribution in [0.5, 0.6) is 0 Å². The minimum atomic E-state index is -0.502. The van der Waals surface area contributed by atoms with Crippen LogP contribution >= 0.6 is 0 Å². The Balaban J connectivity index is 1.76. The summed E-state index contributed by atoms with van der Waals surface area (Å²) in [6.07, 6.45) is 2.56. The van der Waals surface area contributed by atoms with E-state index in [0.29, 0.717) is 18.0 Å². The smallest absolute Gasteiger partial charge is 0.264 e. The molecule has 1 aliphatic heterocycles. The van der Waals surface area contributed by atoms with Crippen LogP contribution in [0.25, 0.3) is 10.9 Å². The third-order valence-electron chi connectivity index (χ3n) is 4.24. The molecule has 2 aromatic rings. The highest BCUT2D eigenvalue weighted by atomic mass is 19.1. The first-order valence-electron chi connectivity index (χ1n) is 7.54. The summed E-state index contributed by atoms with van der Waals surface area (Å²) in [5, 5.41) is 0.0826. The van der Waals surface area contributed by atoms with Gasteiger partial charge in [-0.25, -0.2) is 9.37 Å². The number of benzene rings is 1. The molecule has 5 nitrogen and oxygen atoms in total. The normalized spacial score (nSPS) is 19.1. The van der Waals surface area contributed by atoms with Crippen LogP contribution in [0.4, 0.5) is 4.39 Å². The van der Waals surface area contributed by atoms with Crippen molar-refractivity contribution >= 4 is 10.9 Å². The summed E-state index contributed by atoms with van der Waals surface area (Å²) in [5.74, 6) is -0.113. The number of methoxy groups -OCH3 is 1. The van der Waals surface area contributed by atoms with E-state index in [2.05, 4.69) is 9.88 Å². The Morgan fingerprint density at radius 2 is 2.32 bits per heavy atom. The molecule has 1 unspecified atom stereocenters. The van der Waals surface area contributed by atoms with Crippen LogP contribution in [0, 0.1) is 11.7 Å². The van der Waals surface area contributed by atoms with Gasteiger partial charge in [-0.2, -0.15) is 0 Å². The average Bonchev–Trinajstić information content (AvgIpc) is 2.95. The highest BCUT2D eigenvalue weighted by Crippen LogP contribution is 2.18. The zero-order valence-corrected chi connectivity index (χ0v) is 12.7. The SMILES string of the molecule is COCCN1CCC(Cn2cnc3cccc(F)c3c2=O)C1. The summed E-state index contributed by atoms with van der Waals surface area (Å²) in [5.41, 5.74) is 0.118. The Kier molecular flexibility index (Phi) is 4.49. The predicted molar refractivity (Wildman–Crippen MR) is 82.4 cm³/mol. The fourth-order valence-corrected chi connectivity index (χ4v) is 3.05. The molecule has 1 saturated heterocycles. The van der Waals surface area contributed by atoms with Crippen molar-refractivity contribution in [3.8, 4) is 0 Å². The topological polar surface area (TPSA) is 47.4 Å². The maximum Gasteiger partial charge on any atom is 0.264 e. The van der Waals surface area contributed by atoms with Crippen molar-refractivity contribution in [2.45, 2.75) is 13.0 Å².